The van der Waals surface area contributed by atoms with E-state index in [4.69, 9.17) is 5.10 Å². The van der Waals surface area contributed by atoms with Crippen molar-refractivity contribution in [3.63, 3.8) is 0 Å². The van der Waals surface area contributed by atoms with Crippen LogP contribution in [-0.2, 0) is 4.79 Å². The van der Waals surface area contributed by atoms with Crippen LogP contribution in [0.1, 0.15) is 31.0 Å². The highest BCUT2D eigenvalue weighted by Gasteiger charge is 2.15. The van der Waals surface area contributed by atoms with E-state index in [2.05, 4.69) is 23.3 Å². The molecule has 2 aromatic heterocycles. The minimum absolute atomic E-state index is 0.0772. The molecule has 0 aliphatic carbocycles. The van der Waals surface area contributed by atoms with Crippen LogP contribution in [0.2, 0.25) is 0 Å². The topological polar surface area (TPSA) is 80.0 Å². The molecule has 2 atom stereocenters. The summed E-state index contributed by atoms with van der Waals surface area (Å²) in [6, 6.07) is 12.0. The van der Waals surface area contributed by atoms with Crippen molar-refractivity contribution in [3.8, 4) is 5.82 Å². The molecule has 8 heteroatoms. The van der Waals surface area contributed by atoms with Gasteiger partial charge < -0.3 is 10.4 Å². The van der Waals surface area contributed by atoms with E-state index in [0.29, 0.717) is 0 Å². The van der Waals surface area contributed by atoms with Crippen LogP contribution in [0.4, 0.5) is 5.69 Å². The van der Waals surface area contributed by atoms with Gasteiger partial charge in [0.15, 0.2) is 11.4 Å². The van der Waals surface area contributed by atoms with E-state index in [1.54, 1.807) is 22.6 Å². The molecular weight excluding hydrogens is 404 g/mol. The first kappa shape index (κ1) is 21.4. The number of anilines is 1. The molecule has 2 heterocycles. The predicted octanol–water partition coefficient (Wildman–Crippen LogP) is 4.22. The summed E-state index contributed by atoms with van der Waals surface area (Å²) < 4.78 is 1.76. The number of aliphatic hydroxyl groups is 1. The molecule has 0 amide bonds. The smallest absolute Gasteiger partial charge is 0.181 e. The van der Waals surface area contributed by atoms with Gasteiger partial charge in [-0.05, 0) is 35.9 Å². The van der Waals surface area contributed by atoms with Crippen molar-refractivity contribution in [2.75, 3.05) is 19.0 Å². The monoisotopic (exact) mass is 428 g/mol. The number of thioether (sulfide) groups is 2. The van der Waals surface area contributed by atoms with E-state index in [9.17, 15) is 9.90 Å². The quantitative estimate of drug-likeness (QED) is 0.390. The Morgan fingerprint density at radius 3 is 2.72 bits per heavy atom. The summed E-state index contributed by atoms with van der Waals surface area (Å²) in [5.74, 6) is 0.820. The average molecular weight is 429 g/mol. The zero-order valence-electron chi connectivity index (χ0n) is 16.6. The Hall–Kier alpha value is -2.29. The first-order chi connectivity index (χ1) is 14.0. The highest BCUT2D eigenvalue weighted by Crippen LogP contribution is 2.31. The molecule has 0 bridgehead atoms. The van der Waals surface area contributed by atoms with Crippen LogP contribution in [0.3, 0.4) is 0 Å². The van der Waals surface area contributed by atoms with Crippen LogP contribution >= 0.6 is 23.5 Å². The maximum absolute atomic E-state index is 11.0. The molecule has 3 rings (SSSR count). The van der Waals surface area contributed by atoms with Gasteiger partial charge in [0, 0.05) is 46.1 Å². The molecule has 6 nitrogen and oxygen atoms in total. The SMILES string of the molecule is CNc1ccc(C(C)c2ccn(-c3ccc(SC(C)CO)cn3)n2)cc1SC=O. The molecule has 0 aliphatic rings. The maximum Gasteiger partial charge on any atom is 0.181 e. The molecule has 29 heavy (non-hydrogen) atoms. The third-order valence-electron chi connectivity index (χ3n) is 4.55. The lowest BCUT2D eigenvalue weighted by molar-refractivity contribution is 0.300. The Bertz CT molecular complexity index is 960. The molecule has 0 saturated heterocycles. The van der Waals surface area contributed by atoms with Crippen molar-refractivity contribution < 1.29 is 9.90 Å². The van der Waals surface area contributed by atoms with Crippen LogP contribution < -0.4 is 5.32 Å². The number of aromatic nitrogens is 3. The van der Waals surface area contributed by atoms with Gasteiger partial charge in [0.2, 0.25) is 0 Å². The summed E-state index contributed by atoms with van der Waals surface area (Å²) in [5.41, 5.74) is 3.80. The van der Waals surface area contributed by atoms with Gasteiger partial charge in [-0.2, -0.15) is 5.10 Å². The minimum atomic E-state index is 0.0772. The summed E-state index contributed by atoms with van der Waals surface area (Å²) in [5, 5.41) is 17.1. The standard InChI is InChI=1S/C21H24N4O2S2/c1-14(12-26)29-17-5-7-21(23-11-17)25-9-8-18(24-25)15(2)16-4-6-19(22-3)20(10-16)28-13-27/h4-11,13-15,22,26H,12H2,1-3H3. The number of nitrogens with zero attached hydrogens (tertiary/aromatic N) is 3. The molecule has 1 aromatic carbocycles. The Labute approximate surface area is 179 Å². The lowest BCUT2D eigenvalue weighted by Gasteiger charge is -2.13. The zero-order valence-corrected chi connectivity index (χ0v) is 18.2. The van der Waals surface area contributed by atoms with E-state index < -0.39 is 0 Å². The molecule has 0 radical (unpaired) electrons. The van der Waals surface area contributed by atoms with Crippen molar-refractivity contribution in [3.05, 3.63) is 60.0 Å². The first-order valence-corrected chi connectivity index (χ1v) is 11.0. The fourth-order valence-corrected chi connectivity index (χ4v) is 4.28. The zero-order chi connectivity index (χ0) is 20.8. The summed E-state index contributed by atoms with van der Waals surface area (Å²) in [4.78, 5) is 17.4. The molecule has 0 aliphatic heterocycles. The van der Waals surface area contributed by atoms with Gasteiger partial charge >= 0.3 is 0 Å². The molecule has 2 unspecified atom stereocenters. The Kier molecular flexibility index (Phi) is 7.35. The molecule has 3 aromatic rings. The van der Waals surface area contributed by atoms with Crippen LogP contribution in [-0.4, -0.2) is 44.4 Å². The van der Waals surface area contributed by atoms with Crippen LogP contribution in [0.15, 0.2) is 58.6 Å². The second-order valence-corrected chi connectivity index (χ2v) is 8.97. The highest BCUT2D eigenvalue weighted by molar-refractivity contribution is 8.12. The lowest BCUT2D eigenvalue weighted by atomic mass is 9.98. The van der Waals surface area contributed by atoms with Gasteiger partial charge in [-0.1, -0.05) is 31.7 Å². The molecular formula is C21H24N4O2S2. The second-order valence-electron chi connectivity index (χ2n) is 6.59. The number of pyridine rings is 1. The van der Waals surface area contributed by atoms with Crippen LogP contribution in [0.25, 0.3) is 5.82 Å². The van der Waals surface area contributed by atoms with E-state index >= 15 is 0 Å². The van der Waals surface area contributed by atoms with Crippen molar-refractivity contribution in [2.45, 2.75) is 34.8 Å². The van der Waals surface area contributed by atoms with Gasteiger partial charge in [0.25, 0.3) is 0 Å². The number of hydrogen-bond acceptors (Lipinski definition) is 7. The third kappa shape index (κ3) is 5.20. The number of benzene rings is 1. The second kappa shape index (κ2) is 9.96. The van der Waals surface area contributed by atoms with Crippen LogP contribution in [0.5, 0.6) is 0 Å². The Morgan fingerprint density at radius 2 is 2.07 bits per heavy atom. The van der Waals surface area contributed by atoms with E-state index in [1.807, 2.05) is 50.5 Å². The van der Waals surface area contributed by atoms with Gasteiger partial charge in [0.05, 0.1) is 12.3 Å². The lowest BCUT2D eigenvalue weighted by Crippen LogP contribution is -2.04. The first-order valence-electron chi connectivity index (χ1n) is 9.27. The number of carbonyl (C=O) groups is 1. The summed E-state index contributed by atoms with van der Waals surface area (Å²) in [6.45, 7) is 4.21. The fraction of sp³-hybridized carbons (Fsp3) is 0.286. The van der Waals surface area contributed by atoms with Gasteiger partial charge in [-0.15, -0.1) is 11.8 Å². The Balaban J connectivity index is 1.79. The maximum atomic E-state index is 11.0. The van der Waals surface area contributed by atoms with Crippen molar-refractivity contribution in [1.29, 1.82) is 0 Å². The molecule has 152 valence electrons. The van der Waals surface area contributed by atoms with Crippen molar-refractivity contribution in [1.82, 2.24) is 14.8 Å². The minimum Gasteiger partial charge on any atom is -0.395 e. The molecule has 0 saturated carbocycles. The predicted molar refractivity (Wildman–Crippen MR) is 120 cm³/mol. The van der Waals surface area contributed by atoms with E-state index in [-0.39, 0.29) is 17.8 Å². The van der Waals surface area contributed by atoms with E-state index in [1.165, 1.54) is 11.8 Å². The number of hydrogen-bond donors (Lipinski definition) is 2. The summed E-state index contributed by atoms with van der Waals surface area (Å²) in [7, 11) is 1.84. The van der Waals surface area contributed by atoms with Crippen molar-refractivity contribution >= 4 is 34.8 Å². The number of aliphatic hydroxyl groups excluding tert-OH is 1. The largest absolute Gasteiger partial charge is 0.395 e. The normalized spacial score (nSPS) is 13.1. The molecule has 0 spiro atoms. The summed E-state index contributed by atoms with van der Waals surface area (Å²) >= 11 is 2.75. The average Bonchev–Trinajstić information content (AvgIpc) is 3.24. The number of carbonyl (C=O) groups excluding carboxylic acids is 1. The number of nitrogens with one attached hydrogen (secondary N) is 1. The Morgan fingerprint density at radius 1 is 1.24 bits per heavy atom. The highest BCUT2D eigenvalue weighted by atomic mass is 32.2. The fourth-order valence-electron chi connectivity index (χ4n) is 2.88. The molecule has 0 fully saturated rings. The molecule has 2 N–H and O–H groups in total. The summed E-state index contributed by atoms with van der Waals surface area (Å²) in [6.07, 6.45) is 3.71. The third-order valence-corrected chi connectivity index (χ3v) is 6.31. The van der Waals surface area contributed by atoms with Crippen LogP contribution in [0, 0.1) is 0 Å². The van der Waals surface area contributed by atoms with Crippen molar-refractivity contribution in [2.24, 2.45) is 0 Å². The van der Waals surface area contributed by atoms with Gasteiger partial charge in [-0.3, -0.25) is 4.79 Å². The van der Waals surface area contributed by atoms with Gasteiger partial charge in [-0.25, -0.2) is 9.67 Å². The van der Waals surface area contributed by atoms with Gasteiger partial charge in [0.1, 0.15) is 0 Å². The van der Waals surface area contributed by atoms with E-state index in [0.717, 1.165) is 38.2 Å². The number of rotatable bonds is 9.